The Bertz CT molecular complexity index is 1450. The number of hydrogen-bond acceptors (Lipinski definition) is 7. The van der Waals surface area contributed by atoms with Crippen LogP contribution in [0, 0.1) is 5.82 Å². The number of amides is 2. The van der Waals surface area contributed by atoms with Crippen LogP contribution in [0.15, 0.2) is 35.3 Å². The maximum atomic E-state index is 13.9. The number of carbonyl (C=O) groups excluding carboxylic acids is 3. The number of ketones is 1. The van der Waals surface area contributed by atoms with E-state index < -0.39 is 17.3 Å². The minimum Gasteiger partial charge on any atom is -0.494 e. The number of ether oxygens (including phenoxy) is 2. The Kier molecular flexibility index (Phi) is 8.03. The van der Waals surface area contributed by atoms with Crippen LogP contribution in [0.3, 0.4) is 0 Å². The van der Waals surface area contributed by atoms with Crippen LogP contribution < -0.4 is 15.6 Å². The van der Waals surface area contributed by atoms with Crippen molar-refractivity contribution in [2.75, 3.05) is 26.7 Å². The molecule has 2 N–H and O–H groups in total. The zero-order valence-corrected chi connectivity index (χ0v) is 22.4. The second kappa shape index (κ2) is 11.3. The quantitative estimate of drug-likeness (QED) is 0.470. The Balaban J connectivity index is 1.41. The Hall–Kier alpha value is -4.22. The zero-order valence-electron chi connectivity index (χ0n) is 22.4. The van der Waals surface area contributed by atoms with Crippen molar-refractivity contribution in [3.05, 3.63) is 63.5 Å². The zero-order chi connectivity index (χ0) is 28.3. The summed E-state index contributed by atoms with van der Waals surface area (Å²) < 4.78 is 25.7. The lowest BCUT2D eigenvalue weighted by Crippen LogP contribution is -2.41. The van der Waals surface area contributed by atoms with Crippen molar-refractivity contribution < 1.29 is 28.2 Å². The van der Waals surface area contributed by atoms with Crippen molar-refractivity contribution in [2.24, 2.45) is 0 Å². The summed E-state index contributed by atoms with van der Waals surface area (Å²) in [5.74, 6) is -1.46. The van der Waals surface area contributed by atoms with Crippen molar-refractivity contribution in [3.63, 3.8) is 0 Å². The third-order valence-corrected chi connectivity index (χ3v) is 6.41. The number of aromatic amines is 1. The molecule has 2 amide bonds. The summed E-state index contributed by atoms with van der Waals surface area (Å²) in [5, 5.41) is 6.87. The predicted octanol–water partition coefficient (Wildman–Crippen LogP) is 2.83. The van der Waals surface area contributed by atoms with E-state index in [1.165, 1.54) is 36.0 Å². The molecule has 0 saturated carbocycles. The summed E-state index contributed by atoms with van der Waals surface area (Å²) in [4.78, 5) is 54.5. The number of aromatic nitrogens is 3. The van der Waals surface area contributed by atoms with Gasteiger partial charge in [-0.05, 0) is 51.3 Å². The van der Waals surface area contributed by atoms with Gasteiger partial charge in [-0.2, -0.15) is 5.10 Å². The molecule has 0 radical (unpaired) electrons. The minimum absolute atomic E-state index is 0.0595. The van der Waals surface area contributed by atoms with Gasteiger partial charge in [-0.15, -0.1) is 0 Å². The second-order valence-electron chi connectivity index (χ2n) is 10.5. The maximum absolute atomic E-state index is 13.9. The lowest BCUT2D eigenvalue weighted by Gasteiger charge is -2.33. The fourth-order valence-electron chi connectivity index (χ4n) is 4.54. The van der Waals surface area contributed by atoms with Gasteiger partial charge in [0.05, 0.1) is 25.5 Å². The Morgan fingerprint density at radius 3 is 2.54 bits per heavy atom. The lowest BCUT2D eigenvalue weighted by molar-refractivity contribution is -0.117. The van der Waals surface area contributed by atoms with Crippen molar-refractivity contribution in [1.82, 2.24) is 24.8 Å². The number of rotatable bonds is 7. The molecular weight excluding hydrogens is 509 g/mol. The average Bonchev–Trinajstić information content (AvgIpc) is 3.30. The van der Waals surface area contributed by atoms with E-state index in [1.807, 2.05) is 20.8 Å². The molecule has 3 heterocycles. The molecule has 39 heavy (non-hydrogen) atoms. The summed E-state index contributed by atoms with van der Waals surface area (Å²) in [6, 6.07) is 5.68. The van der Waals surface area contributed by atoms with Gasteiger partial charge in [0.15, 0.2) is 17.3 Å². The van der Waals surface area contributed by atoms with Crippen LogP contribution in [0.25, 0.3) is 5.65 Å². The summed E-state index contributed by atoms with van der Waals surface area (Å²) in [6.45, 7) is 6.08. The molecule has 0 aliphatic carbocycles. The van der Waals surface area contributed by atoms with E-state index >= 15 is 0 Å². The molecule has 0 atom stereocenters. The minimum atomic E-state index is -0.586. The van der Waals surface area contributed by atoms with Crippen LogP contribution in [-0.2, 0) is 16.0 Å². The summed E-state index contributed by atoms with van der Waals surface area (Å²) in [5.41, 5.74) is 0.443. The van der Waals surface area contributed by atoms with Crippen molar-refractivity contribution in [1.29, 1.82) is 0 Å². The van der Waals surface area contributed by atoms with Gasteiger partial charge in [0.25, 0.3) is 11.5 Å². The topological polar surface area (TPSA) is 135 Å². The number of nitrogens with zero attached hydrogens (tertiary/aromatic N) is 3. The molecule has 1 aliphatic heterocycles. The molecule has 1 aromatic carbocycles. The average molecular weight is 542 g/mol. The highest BCUT2D eigenvalue weighted by Crippen LogP contribution is 2.28. The van der Waals surface area contributed by atoms with E-state index in [4.69, 9.17) is 9.47 Å². The number of benzene rings is 1. The molecule has 208 valence electrons. The first kappa shape index (κ1) is 27.8. The van der Waals surface area contributed by atoms with Crippen LogP contribution in [0.4, 0.5) is 9.18 Å². The SMILES string of the molecule is COc1ccc(CC(=O)CNC(=O)c2cnn3c(C4CCN(C(=O)OC(C)(C)C)CC4)cc(=O)[nH]c23)cc1F. The predicted molar refractivity (Wildman–Crippen MR) is 140 cm³/mol. The van der Waals surface area contributed by atoms with Crippen LogP contribution in [-0.4, -0.2) is 69.6 Å². The third-order valence-electron chi connectivity index (χ3n) is 6.41. The summed E-state index contributed by atoms with van der Waals surface area (Å²) in [7, 11) is 1.35. The van der Waals surface area contributed by atoms with E-state index in [0.717, 1.165) is 0 Å². The molecule has 0 spiro atoms. The molecule has 1 fully saturated rings. The highest BCUT2D eigenvalue weighted by atomic mass is 19.1. The number of fused-ring (bicyclic) bond motifs is 1. The van der Waals surface area contributed by atoms with Gasteiger partial charge >= 0.3 is 6.09 Å². The number of H-pyrrole nitrogens is 1. The molecule has 0 bridgehead atoms. The fraction of sp³-hybridized carbons (Fsp3) is 0.444. The standard InChI is InChI=1S/C27H32FN5O6/c1-27(2,3)39-26(37)32-9-7-17(8-10-32)21-13-23(35)31-24-19(15-30-33(21)24)25(36)29-14-18(34)11-16-5-6-22(38-4)20(28)12-16/h5-6,12-13,15,17H,7-11,14H2,1-4H3,(H,29,36)(H,31,35). The van der Waals surface area contributed by atoms with Crippen molar-refractivity contribution >= 4 is 23.4 Å². The van der Waals surface area contributed by atoms with E-state index in [9.17, 15) is 23.6 Å². The van der Waals surface area contributed by atoms with Crippen LogP contribution in [0.2, 0.25) is 0 Å². The van der Waals surface area contributed by atoms with E-state index in [1.54, 1.807) is 11.0 Å². The number of nitrogens with one attached hydrogen (secondary N) is 2. The molecule has 1 saturated heterocycles. The number of Topliss-reactive ketones (excluding diaryl/α,β-unsaturated/α-hetero) is 1. The van der Waals surface area contributed by atoms with Crippen LogP contribution in [0.1, 0.15) is 61.1 Å². The largest absolute Gasteiger partial charge is 0.494 e. The number of methoxy groups -OCH3 is 1. The van der Waals surface area contributed by atoms with Gasteiger partial charge in [0, 0.05) is 31.5 Å². The Labute approximate surface area is 224 Å². The monoisotopic (exact) mass is 541 g/mol. The van der Waals surface area contributed by atoms with E-state index in [2.05, 4.69) is 15.4 Å². The normalized spacial score (nSPS) is 14.3. The van der Waals surface area contributed by atoms with Gasteiger partial charge in [0.1, 0.15) is 16.8 Å². The Morgan fingerprint density at radius 1 is 1.18 bits per heavy atom. The molecule has 12 heteroatoms. The summed E-state index contributed by atoms with van der Waals surface area (Å²) >= 11 is 0. The first-order valence-corrected chi connectivity index (χ1v) is 12.7. The van der Waals surface area contributed by atoms with Crippen LogP contribution >= 0.6 is 0 Å². The van der Waals surface area contributed by atoms with Crippen molar-refractivity contribution in [3.8, 4) is 5.75 Å². The highest BCUT2D eigenvalue weighted by Gasteiger charge is 2.29. The number of likely N-dealkylation sites (tertiary alicyclic amines) is 1. The number of carbonyl (C=O) groups is 3. The number of hydrogen-bond donors (Lipinski definition) is 2. The van der Waals surface area contributed by atoms with Gasteiger partial charge in [-0.1, -0.05) is 6.07 Å². The molecular formula is C27H32FN5O6. The molecule has 11 nitrogen and oxygen atoms in total. The molecule has 4 rings (SSSR count). The first-order valence-electron chi connectivity index (χ1n) is 12.7. The maximum Gasteiger partial charge on any atom is 0.410 e. The van der Waals surface area contributed by atoms with Crippen molar-refractivity contribution in [2.45, 2.75) is 51.6 Å². The second-order valence-corrected chi connectivity index (χ2v) is 10.5. The molecule has 0 unspecified atom stereocenters. The number of piperidine rings is 1. The first-order chi connectivity index (χ1) is 18.4. The molecule has 2 aromatic heterocycles. The van der Waals surface area contributed by atoms with Gasteiger partial charge in [-0.25, -0.2) is 13.7 Å². The third kappa shape index (κ3) is 6.62. The Morgan fingerprint density at radius 2 is 1.90 bits per heavy atom. The fourth-order valence-corrected chi connectivity index (χ4v) is 4.54. The van der Waals surface area contributed by atoms with E-state index in [-0.39, 0.29) is 53.3 Å². The van der Waals surface area contributed by atoms with E-state index in [0.29, 0.717) is 37.2 Å². The number of halogens is 1. The highest BCUT2D eigenvalue weighted by molar-refractivity contribution is 6.01. The van der Waals surface area contributed by atoms with Gasteiger partial charge in [0.2, 0.25) is 0 Å². The molecule has 3 aromatic rings. The van der Waals surface area contributed by atoms with Gasteiger partial charge < -0.3 is 24.7 Å². The molecule has 1 aliphatic rings. The summed E-state index contributed by atoms with van der Waals surface area (Å²) in [6.07, 6.45) is 2.09. The van der Waals surface area contributed by atoms with Gasteiger partial charge in [-0.3, -0.25) is 14.4 Å². The van der Waals surface area contributed by atoms with Crippen LogP contribution in [0.5, 0.6) is 5.75 Å². The lowest BCUT2D eigenvalue weighted by atomic mass is 9.93. The smallest absolute Gasteiger partial charge is 0.410 e.